The molecule has 0 unspecified atom stereocenters. The van der Waals surface area contributed by atoms with Crippen LogP contribution in [-0.2, 0) is 13.0 Å². The van der Waals surface area contributed by atoms with Crippen molar-refractivity contribution in [1.82, 2.24) is 14.9 Å². The Balaban J connectivity index is 1.91. The molecule has 2 aromatic rings. The molecule has 2 N–H and O–H groups in total. The van der Waals surface area contributed by atoms with E-state index in [2.05, 4.69) is 36.4 Å². The third kappa shape index (κ3) is 4.52. The van der Waals surface area contributed by atoms with Gasteiger partial charge >= 0.3 is 0 Å². The van der Waals surface area contributed by atoms with Gasteiger partial charge in [-0.3, -0.25) is 9.59 Å². The van der Waals surface area contributed by atoms with E-state index in [0.29, 0.717) is 24.0 Å². The van der Waals surface area contributed by atoms with Crippen molar-refractivity contribution in [1.29, 1.82) is 0 Å². The number of aromatic nitrogens is 2. The molecule has 2 amide bonds. The molecule has 0 aliphatic carbocycles. The van der Waals surface area contributed by atoms with E-state index in [9.17, 15) is 9.59 Å². The molecular formula is C23H32N4O2. The van der Waals surface area contributed by atoms with Crippen molar-refractivity contribution in [3.8, 4) is 0 Å². The molecule has 1 aromatic heterocycles. The number of benzene rings is 1. The lowest BCUT2D eigenvalue weighted by atomic mass is 9.98. The van der Waals surface area contributed by atoms with E-state index < -0.39 is 0 Å². The van der Waals surface area contributed by atoms with Crippen LogP contribution in [0.15, 0.2) is 18.2 Å². The van der Waals surface area contributed by atoms with Crippen LogP contribution in [0.25, 0.3) is 0 Å². The summed E-state index contributed by atoms with van der Waals surface area (Å²) in [5, 5.41) is 6.02. The van der Waals surface area contributed by atoms with Gasteiger partial charge in [-0.2, -0.15) is 0 Å². The highest BCUT2D eigenvalue weighted by atomic mass is 16.2. The van der Waals surface area contributed by atoms with Gasteiger partial charge in [0.25, 0.3) is 11.8 Å². The molecule has 3 rings (SSSR count). The van der Waals surface area contributed by atoms with Crippen LogP contribution in [0.3, 0.4) is 0 Å². The third-order valence-corrected chi connectivity index (χ3v) is 5.52. The highest BCUT2D eigenvalue weighted by molar-refractivity contribution is 6.04. The number of aryl methyl sites for hydroxylation is 1. The van der Waals surface area contributed by atoms with Crippen LogP contribution < -0.4 is 10.6 Å². The van der Waals surface area contributed by atoms with Gasteiger partial charge in [0.1, 0.15) is 5.69 Å². The quantitative estimate of drug-likeness (QED) is 0.680. The lowest BCUT2D eigenvalue weighted by Gasteiger charge is -2.19. The Kier molecular flexibility index (Phi) is 6.72. The number of carbonyl (C=O) groups excluding carboxylic acids is 2. The number of unbranched alkanes of at least 4 members (excludes halogenated alkanes) is 1. The highest BCUT2D eigenvalue weighted by Gasteiger charge is 2.28. The molecule has 0 atom stereocenters. The maximum atomic E-state index is 13.2. The van der Waals surface area contributed by atoms with Gasteiger partial charge in [-0.1, -0.05) is 45.4 Å². The molecule has 0 spiro atoms. The molecule has 2 heterocycles. The van der Waals surface area contributed by atoms with E-state index in [-0.39, 0.29) is 11.8 Å². The number of para-hydroxylation sites is 1. The Morgan fingerprint density at radius 2 is 2.00 bits per heavy atom. The molecule has 0 saturated carbocycles. The van der Waals surface area contributed by atoms with Crippen molar-refractivity contribution in [2.75, 3.05) is 11.9 Å². The highest BCUT2D eigenvalue weighted by Crippen LogP contribution is 2.28. The number of carbonyl (C=O) groups is 2. The van der Waals surface area contributed by atoms with E-state index in [1.54, 1.807) is 0 Å². The topological polar surface area (TPSA) is 76.0 Å². The largest absolute Gasteiger partial charge is 0.351 e. The van der Waals surface area contributed by atoms with E-state index in [4.69, 9.17) is 0 Å². The van der Waals surface area contributed by atoms with E-state index >= 15 is 0 Å². The van der Waals surface area contributed by atoms with Crippen LogP contribution in [0.4, 0.5) is 5.69 Å². The van der Waals surface area contributed by atoms with Crippen molar-refractivity contribution in [3.63, 3.8) is 0 Å². The number of hydrogen-bond acceptors (Lipinski definition) is 3. The number of imidazole rings is 1. The minimum Gasteiger partial charge on any atom is -0.351 e. The van der Waals surface area contributed by atoms with Crippen molar-refractivity contribution in [2.45, 2.75) is 72.3 Å². The second kappa shape index (κ2) is 9.25. The molecule has 156 valence electrons. The van der Waals surface area contributed by atoms with Crippen molar-refractivity contribution in [2.24, 2.45) is 0 Å². The lowest BCUT2D eigenvalue weighted by molar-refractivity contribution is 0.0947. The Bertz CT molecular complexity index is 899. The molecule has 0 bridgehead atoms. The number of fused-ring (bicyclic) bond motifs is 1. The number of hydrogen-bond donors (Lipinski definition) is 2. The van der Waals surface area contributed by atoms with Crippen LogP contribution >= 0.6 is 0 Å². The normalized spacial score (nSPS) is 13.3. The van der Waals surface area contributed by atoms with Crippen LogP contribution in [0.1, 0.15) is 90.3 Å². The minimum absolute atomic E-state index is 0.179. The van der Waals surface area contributed by atoms with Crippen molar-refractivity contribution < 1.29 is 9.59 Å². The number of rotatable bonds is 7. The number of amides is 2. The van der Waals surface area contributed by atoms with E-state index in [0.717, 1.165) is 61.2 Å². The average molecular weight is 397 g/mol. The standard InChI is InChI=1S/C23H32N4O2/c1-5-6-13-24-22(28)20-18-12-7-8-14-27(18)21(25-20)23(29)26-19-16(4)10-9-11-17(19)15(2)3/h9-11,15H,5-8,12-14H2,1-4H3,(H,24,28)(H,26,29). The summed E-state index contributed by atoms with van der Waals surface area (Å²) in [5.74, 6) is 0.191. The average Bonchev–Trinajstić information content (AvgIpc) is 3.09. The second-order valence-corrected chi connectivity index (χ2v) is 8.10. The van der Waals surface area contributed by atoms with Crippen LogP contribution in [0.5, 0.6) is 0 Å². The maximum absolute atomic E-state index is 13.2. The molecule has 1 aromatic carbocycles. The first-order valence-corrected chi connectivity index (χ1v) is 10.7. The Hall–Kier alpha value is -2.63. The van der Waals surface area contributed by atoms with Gasteiger partial charge in [-0.05, 0) is 49.7 Å². The first-order chi connectivity index (χ1) is 13.9. The Labute approximate surface area is 173 Å². The number of nitrogens with one attached hydrogen (secondary N) is 2. The lowest BCUT2D eigenvalue weighted by Crippen LogP contribution is -2.26. The summed E-state index contributed by atoms with van der Waals surface area (Å²) in [6.45, 7) is 9.66. The van der Waals surface area contributed by atoms with Crippen LogP contribution in [0.2, 0.25) is 0 Å². The summed E-state index contributed by atoms with van der Waals surface area (Å²) in [6.07, 6.45) is 4.72. The second-order valence-electron chi connectivity index (χ2n) is 8.10. The molecule has 0 saturated heterocycles. The van der Waals surface area contributed by atoms with Gasteiger partial charge in [0, 0.05) is 18.8 Å². The first kappa shape index (κ1) is 21.1. The summed E-state index contributed by atoms with van der Waals surface area (Å²) >= 11 is 0. The zero-order valence-electron chi connectivity index (χ0n) is 18.0. The monoisotopic (exact) mass is 396 g/mol. The van der Waals surface area contributed by atoms with Gasteiger partial charge < -0.3 is 15.2 Å². The smallest absolute Gasteiger partial charge is 0.291 e. The molecule has 1 aliphatic heterocycles. The zero-order chi connectivity index (χ0) is 21.0. The predicted octanol–water partition coefficient (Wildman–Crippen LogP) is 4.43. The zero-order valence-corrected chi connectivity index (χ0v) is 18.0. The Morgan fingerprint density at radius 3 is 2.72 bits per heavy atom. The molecular weight excluding hydrogens is 364 g/mol. The first-order valence-electron chi connectivity index (χ1n) is 10.7. The van der Waals surface area contributed by atoms with E-state index in [1.807, 2.05) is 29.7 Å². The molecule has 0 fully saturated rings. The molecule has 6 heteroatoms. The molecule has 6 nitrogen and oxygen atoms in total. The van der Waals surface area contributed by atoms with Crippen molar-refractivity contribution in [3.05, 3.63) is 46.5 Å². The third-order valence-electron chi connectivity index (χ3n) is 5.52. The number of anilines is 1. The summed E-state index contributed by atoms with van der Waals surface area (Å²) in [7, 11) is 0. The van der Waals surface area contributed by atoms with Gasteiger partial charge in [0.15, 0.2) is 5.82 Å². The Morgan fingerprint density at radius 1 is 1.21 bits per heavy atom. The predicted molar refractivity (Wildman–Crippen MR) is 116 cm³/mol. The van der Waals surface area contributed by atoms with Crippen molar-refractivity contribution >= 4 is 17.5 Å². The van der Waals surface area contributed by atoms with Gasteiger partial charge in [0.05, 0.1) is 5.69 Å². The molecule has 1 aliphatic rings. The molecule has 29 heavy (non-hydrogen) atoms. The van der Waals surface area contributed by atoms with Gasteiger partial charge in [0.2, 0.25) is 0 Å². The van der Waals surface area contributed by atoms with Gasteiger partial charge in [-0.25, -0.2) is 4.98 Å². The van der Waals surface area contributed by atoms with Gasteiger partial charge in [-0.15, -0.1) is 0 Å². The van der Waals surface area contributed by atoms with Crippen LogP contribution in [-0.4, -0.2) is 27.9 Å². The summed E-state index contributed by atoms with van der Waals surface area (Å²) in [6, 6.07) is 6.05. The summed E-state index contributed by atoms with van der Waals surface area (Å²) in [5.41, 5.74) is 4.24. The fourth-order valence-electron chi connectivity index (χ4n) is 3.87. The van der Waals surface area contributed by atoms with E-state index in [1.165, 1.54) is 0 Å². The summed E-state index contributed by atoms with van der Waals surface area (Å²) < 4.78 is 1.93. The minimum atomic E-state index is -0.253. The fourth-order valence-corrected chi connectivity index (χ4v) is 3.87. The van der Waals surface area contributed by atoms with Crippen LogP contribution in [0, 0.1) is 6.92 Å². The maximum Gasteiger partial charge on any atom is 0.291 e. The fraction of sp³-hybridized carbons (Fsp3) is 0.522. The SMILES string of the molecule is CCCCNC(=O)c1nc(C(=O)Nc2c(C)cccc2C(C)C)n2c1CCCC2. The summed E-state index contributed by atoms with van der Waals surface area (Å²) in [4.78, 5) is 30.4. The number of nitrogens with zero attached hydrogens (tertiary/aromatic N) is 2. The molecule has 0 radical (unpaired) electrons.